The summed E-state index contributed by atoms with van der Waals surface area (Å²) >= 11 is 0. The fourth-order valence-corrected chi connectivity index (χ4v) is 3.23. The van der Waals surface area contributed by atoms with Crippen molar-refractivity contribution in [3.63, 3.8) is 0 Å². The molecule has 3 nitrogen and oxygen atoms in total. The van der Waals surface area contributed by atoms with Gasteiger partial charge >= 0.3 is 5.97 Å². The van der Waals surface area contributed by atoms with Crippen LogP contribution in [0.5, 0.6) is 0 Å². The highest BCUT2D eigenvalue weighted by molar-refractivity contribution is 5.67. The predicted molar refractivity (Wildman–Crippen MR) is 78.6 cm³/mol. The van der Waals surface area contributed by atoms with Gasteiger partial charge in [-0.3, -0.25) is 4.79 Å². The first kappa shape index (κ1) is 15.0. The van der Waals surface area contributed by atoms with Crippen molar-refractivity contribution in [3.05, 3.63) is 35.9 Å². The van der Waals surface area contributed by atoms with E-state index < -0.39 is 5.97 Å². The molecule has 2 rings (SSSR count). The minimum absolute atomic E-state index is 0.129. The summed E-state index contributed by atoms with van der Waals surface area (Å²) in [7, 11) is 0. The third-order valence-electron chi connectivity index (χ3n) is 4.18. The zero-order chi connectivity index (χ0) is 14.6. The van der Waals surface area contributed by atoms with Crippen LogP contribution in [-0.2, 0) is 16.0 Å². The second-order valence-corrected chi connectivity index (χ2v) is 6.41. The monoisotopic (exact) mass is 276 g/mol. The zero-order valence-electron chi connectivity index (χ0n) is 12.3. The molecule has 1 N–H and O–H groups in total. The molecule has 0 unspecified atom stereocenters. The molecule has 2 atom stereocenters. The van der Waals surface area contributed by atoms with Gasteiger partial charge in [0.25, 0.3) is 0 Å². The van der Waals surface area contributed by atoms with Gasteiger partial charge in [-0.2, -0.15) is 0 Å². The molecule has 20 heavy (non-hydrogen) atoms. The van der Waals surface area contributed by atoms with Crippen molar-refractivity contribution in [1.82, 2.24) is 0 Å². The summed E-state index contributed by atoms with van der Waals surface area (Å²) in [6, 6.07) is 10.2. The van der Waals surface area contributed by atoms with Crippen LogP contribution in [0.15, 0.2) is 30.3 Å². The van der Waals surface area contributed by atoms with E-state index in [1.807, 2.05) is 18.2 Å². The van der Waals surface area contributed by atoms with Gasteiger partial charge < -0.3 is 9.84 Å². The van der Waals surface area contributed by atoms with Gasteiger partial charge in [0.15, 0.2) is 0 Å². The van der Waals surface area contributed by atoms with Gasteiger partial charge in [-0.05, 0) is 50.5 Å². The maximum Gasteiger partial charge on any atom is 0.303 e. The normalized spacial score (nSPS) is 23.2. The molecule has 1 aliphatic rings. The number of carboxylic acid groups (broad SMARTS) is 1. The van der Waals surface area contributed by atoms with Gasteiger partial charge in [0.2, 0.25) is 0 Å². The lowest BCUT2D eigenvalue weighted by atomic mass is 9.76. The molecule has 0 spiro atoms. The van der Waals surface area contributed by atoms with Crippen LogP contribution in [0.4, 0.5) is 0 Å². The Labute approximate surface area is 121 Å². The highest BCUT2D eigenvalue weighted by Crippen LogP contribution is 2.36. The van der Waals surface area contributed by atoms with Gasteiger partial charge in [-0.25, -0.2) is 0 Å². The summed E-state index contributed by atoms with van der Waals surface area (Å²) < 4.78 is 5.75. The summed E-state index contributed by atoms with van der Waals surface area (Å²) in [6.07, 6.45) is 3.00. The molecular weight excluding hydrogens is 252 g/mol. The number of aliphatic carboxylic acids is 1. The number of ether oxygens (including phenoxy) is 1. The number of hydrogen-bond donors (Lipinski definition) is 1. The molecule has 1 aromatic rings. The van der Waals surface area contributed by atoms with E-state index in [0.29, 0.717) is 5.92 Å². The lowest BCUT2D eigenvalue weighted by molar-refractivity contribution is -0.140. The molecule has 1 aromatic carbocycles. The smallest absolute Gasteiger partial charge is 0.303 e. The van der Waals surface area contributed by atoms with E-state index in [2.05, 4.69) is 26.0 Å². The minimum Gasteiger partial charge on any atom is -0.481 e. The van der Waals surface area contributed by atoms with E-state index >= 15 is 0 Å². The molecular formula is C17H24O3. The van der Waals surface area contributed by atoms with E-state index in [9.17, 15) is 9.90 Å². The van der Waals surface area contributed by atoms with Crippen LogP contribution in [0.3, 0.4) is 0 Å². The highest BCUT2D eigenvalue weighted by atomic mass is 16.5. The molecule has 0 amide bonds. The summed E-state index contributed by atoms with van der Waals surface area (Å²) in [5, 5.41) is 9.19. The van der Waals surface area contributed by atoms with Crippen LogP contribution in [0.2, 0.25) is 0 Å². The maximum atomic E-state index is 11.2. The molecule has 1 fully saturated rings. The Kier molecular flexibility index (Phi) is 4.81. The molecule has 0 aromatic heterocycles. The van der Waals surface area contributed by atoms with Crippen LogP contribution in [0.1, 0.15) is 38.7 Å². The lowest BCUT2D eigenvalue weighted by Gasteiger charge is -2.39. The van der Waals surface area contributed by atoms with Crippen LogP contribution in [0, 0.1) is 11.8 Å². The molecule has 0 bridgehead atoms. The fraction of sp³-hybridized carbons (Fsp3) is 0.588. The van der Waals surface area contributed by atoms with Crippen LogP contribution in [0.25, 0.3) is 0 Å². The minimum atomic E-state index is -0.699. The number of carboxylic acids is 1. The first-order valence-corrected chi connectivity index (χ1v) is 7.36. The molecule has 3 heteroatoms. The second-order valence-electron chi connectivity index (χ2n) is 6.41. The SMILES string of the molecule is CC1(C)C[C@@H]([C@@H](CC(=O)O)Cc2ccccc2)CCO1. The number of rotatable bonds is 5. The van der Waals surface area contributed by atoms with Crippen molar-refractivity contribution in [2.24, 2.45) is 11.8 Å². The predicted octanol–water partition coefficient (Wildman–Crippen LogP) is 3.53. The largest absolute Gasteiger partial charge is 0.481 e. The Balaban J connectivity index is 2.08. The van der Waals surface area contributed by atoms with E-state index in [1.165, 1.54) is 5.56 Å². The van der Waals surface area contributed by atoms with Gasteiger partial charge in [-0.1, -0.05) is 30.3 Å². The van der Waals surface area contributed by atoms with E-state index in [0.717, 1.165) is 25.9 Å². The average molecular weight is 276 g/mol. The Morgan fingerprint density at radius 1 is 1.40 bits per heavy atom. The fourth-order valence-electron chi connectivity index (χ4n) is 3.23. The van der Waals surface area contributed by atoms with Gasteiger partial charge in [0.05, 0.1) is 5.60 Å². The molecule has 0 saturated carbocycles. The third kappa shape index (κ3) is 4.34. The number of carbonyl (C=O) groups is 1. The van der Waals surface area contributed by atoms with Crippen molar-refractivity contribution in [2.75, 3.05) is 6.61 Å². The number of hydrogen-bond acceptors (Lipinski definition) is 2. The van der Waals surface area contributed by atoms with Crippen LogP contribution in [-0.4, -0.2) is 23.3 Å². The van der Waals surface area contributed by atoms with Crippen molar-refractivity contribution >= 4 is 5.97 Å². The molecule has 1 saturated heterocycles. The highest BCUT2D eigenvalue weighted by Gasteiger charge is 2.34. The maximum absolute atomic E-state index is 11.2. The topological polar surface area (TPSA) is 46.5 Å². The Morgan fingerprint density at radius 3 is 2.70 bits per heavy atom. The average Bonchev–Trinajstić information content (AvgIpc) is 2.37. The first-order chi connectivity index (χ1) is 9.46. The van der Waals surface area contributed by atoms with Gasteiger partial charge in [0, 0.05) is 13.0 Å². The molecule has 1 heterocycles. The van der Waals surface area contributed by atoms with Crippen molar-refractivity contribution in [1.29, 1.82) is 0 Å². The van der Waals surface area contributed by atoms with Gasteiger partial charge in [0.1, 0.15) is 0 Å². The summed E-state index contributed by atoms with van der Waals surface area (Å²) in [5.74, 6) is -0.0802. The van der Waals surface area contributed by atoms with Crippen LogP contribution >= 0.6 is 0 Å². The Morgan fingerprint density at radius 2 is 2.10 bits per heavy atom. The van der Waals surface area contributed by atoms with E-state index in [-0.39, 0.29) is 17.9 Å². The van der Waals surface area contributed by atoms with Crippen LogP contribution < -0.4 is 0 Å². The summed E-state index contributed by atoms with van der Waals surface area (Å²) in [6.45, 7) is 4.93. The quantitative estimate of drug-likeness (QED) is 0.895. The standard InChI is InChI=1S/C17H24O3/c1-17(2)12-14(8-9-20-17)15(11-16(18)19)10-13-6-4-3-5-7-13/h3-7,14-15H,8-12H2,1-2H3,(H,18,19)/t14-,15+/m0/s1. The van der Waals surface area contributed by atoms with E-state index in [4.69, 9.17) is 4.74 Å². The van der Waals surface area contributed by atoms with Crippen molar-refractivity contribution in [2.45, 2.75) is 45.1 Å². The van der Waals surface area contributed by atoms with Gasteiger partial charge in [-0.15, -0.1) is 0 Å². The third-order valence-corrected chi connectivity index (χ3v) is 4.18. The lowest BCUT2D eigenvalue weighted by Crippen LogP contribution is -2.37. The number of benzene rings is 1. The molecule has 0 radical (unpaired) electrons. The zero-order valence-corrected chi connectivity index (χ0v) is 12.3. The first-order valence-electron chi connectivity index (χ1n) is 7.36. The summed E-state index contributed by atoms with van der Waals surface area (Å²) in [5.41, 5.74) is 1.10. The van der Waals surface area contributed by atoms with Crippen molar-refractivity contribution < 1.29 is 14.6 Å². The summed E-state index contributed by atoms with van der Waals surface area (Å²) in [4.78, 5) is 11.2. The Bertz CT molecular complexity index is 439. The van der Waals surface area contributed by atoms with Crippen molar-refractivity contribution in [3.8, 4) is 0 Å². The second kappa shape index (κ2) is 6.40. The molecule has 110 valence electrons. The molecule has 0 aliphatic carbocycles. The molecule has 1 aliphatic heterocycles. The Hall–Kier alpha value is -1.35. The van der Waals surface area contributed by atoms with E-state index in [1.54, 1.807) is 0 Å².